The van der Waals surface area contributed by atoms with Crippen molar-refractivity contribution in [2.75, 3.05) is 36.5 Å². The zero-order chi connectivity index (χ0) is 18.2. The summed E-state index contributed by atoms with van der Waals surface area (Å²) in [6, 6.07) is 11.7. The first-order valence-electron chi connectivity index (χ1n) is 8.88. The molecule has 134 valence electrons. The molecule has 2 aromatic rings. The number of carbonyl (C=O) groups excluding carboxylic acids is 1. The maximum absolute atomic E-state index is 12.3. The molecule has 1 amide bonds. The molecule has 1 aromatic heterocycles. The number of amides is 1. The van der Waals surface area contributed by atoms with E-state index in [4.69, 9.17) is 0 Å². The molecule has 1 heterocycles. The molecule has 25 heavy (non-hydrogen) atoms. The van der Waals surface area contributed by atoms with Crippen molar-refractivity contribution in [3.63, 3.8) is 0 Å². The third-order valence-corrected chi connectivity index (χ3v) is 4.39. The maximum atomic E-state index is 12.3. The summed E-state index contributed by atoms with van der Waals surface area (Å²) in [4.78, 5) is 21.1. The van der Waals surface area contributed by atoms with Crippen LogP contribution in [0.25, 0.3) is 0 Å². The Kier molecular flexibility index (Phi) is 6.81. The molecular weight excluding hydrogens is 312 g/mol. The monoisotopic (exact) mass is 340 g/mol. The molecular formula is C20H28N4O. The lowest BCUT2D eigenvalue weighted by Crippen LogP contribution is -2.24. The summed E-state index contributed by atoms with van der Waals surface area (Å²) in [6.45, 7) is 9.60. The van der Waals surface area contributed by atoms with Crippen LogP contribution in [-0.2, 0) is 6.54 Å². The Morgan fingerprint density at radius 1 is 1.00 bits per heavy atom. The molecule has 0 bridgehead atoms. The van der Waals surface area contributed by atoms with Crippen LogP contribution in [0, 0.1) is 0 Å². The first-order chi connectivity index (χ1) is 12.1. The highest BCUT2D eigenvalue weighted by Gasteiger charge is 2.07. The summed E-state index contributed by atoms with van der Waals surface area (Å²) in [5, 5.41) is 2.95. The van der Waals surface area contributed by atoms with Crippen molar-refractivity contribution in [1.82, 2.24) is 10.3 Å². The van der Waals surface area contributed by atoms with E-state index >= 15 is 0 Å². The van der Waals surface area contributed by atoms with E-state index in [1.54, 1.807) is 0 Å². The Balaban J connectivity index is 1.93. The van der Waals surface area contributed by atoms with Gasteiger partial charge in [0.2, 0.25) is 0 Å². The molecule has 0 aliphatic heterocycles. The summed E-state index contributed by atoms with van der Waals surface area (Å²) >= 11 is 0. The van der Waals surface area contributed by atoms with E-state index in [1.165, 1.54) is 0 Å². The summed E-state index contributed by atoms with van der Waals surface area (Å²) < 4.78 is 0. The smallest absolute Gasteiger partial charge is 0.251 e. The molecule has 0 saturated heterocycles. The van der Waals surface area contributed by atoms with Gasteiger partial charge in [-0.15, -0.1) is 0 Å². The summed E-state index contributed by atoms with van der Waals surface area (Å²) in [5.41, 5.74) is 2.77. The highest BCUT2D eigenvalue weighted by molar-refractivity contribution is 5.94. The molecule has 0 spiro atoms. The highest BCUT2D eigenvalue weighted by Crippen LogP contribution is 2.14. The second kappa shape index (κ2) is 9.06. The lowest BCUT2D eigenvalue weighted by molar-refractivity contribution is 0.0951. The van der Waals surface area contributed by atoms with Gasteiger partial charge < -0.3 is 15.1 Å². The summed E-state index contributed by atoms with van der Waals surface area (Å²) in [6.07, 6.45) is 1.83. The minimum Gasteiger partial charge on any atom is -0.375 e. The van der Waals surface area contributed by atoms with Crippen molar-refractivity contribution in [3.05, 3.63) is 53.7 Å². The van der Waals surface area contributed by atoms with Crippen LogP contribution in [0.3, 0.4) is 0 Å². The first-order valence-corrected chi connectivity index (χ1v) is 8.88. The molecule has 0 saturated carbocycles. The van der Waals surface area contributed by atoms with Gasteiger partial charge in [0.15, 0.2) is 0 Å². The maximum Gasteiger partial charge on any atom is 0.251 e. The average Bonchev–Trinajstić information content (AvgIpc) is 2.67. The van der Waals surface area contributed by atoms with E-state index in [1.807, 2.05) is 49.6 Å². The van der Waals surface area contributed by atoms with Gasteiger partial charge in [-0.05, 0) is 56.7 Å². The van der Waals surface area contributed by atoms with E-state index in [-0.39, 0.29) is 5.91 Å². The Morgan fingerprint density at radius 2 is 1.68 bits per heavy atom. The van der Waals surface area contributed by atoms with E-state index in [0.29, 0.717) is 12.1 Å². The zero-order valence-corrected chi connectivity index (χ0v) is 15.6. The summed E-state index contributed by atoms with van der Waals surface area (Å²) in [7, 11) is 2.03. The number of aromatic nitrogens is 1. The topological polar surface area (TPSA) is 48.5 Å². The lowest BCUT2D eigenvalue weighted by Gasteiger charge is -2.19. The predicted octanol–water partition coefficient (Wildman–Crippen LogP) is 3.31. The van der Waals surface area contributed by atoms with Gasteiger partial charge in [0, 0.05) is 50.7 Å². The molecule has 0 aliphatic rings. The van der Waals surface area contributed by atoms with E-state index in [0.717, 1.165) is 36.7 Å². The minimum absolute atomic E-state index is 0.0708. The average molecular weight is 340 g/mol. The quantitative estimate of drug-likeness (QED) is 0.801. The van der Waals surface area contributed by atoms with Gasteiger partial charge >= 0.3 is 0 Å². The molecule has 0 atom stereocenters. The van der Waals surface area contributed by atoms with Crippen LogP contribution < -0.4 is 15.1 Å². The zero-order valence-electron chi connectivity index (χ0n) is 15.6. The molecule has 5 heteroatoms. The van der Waals surface area contributed by atoms with Gasteiger partial charge in [0.25, 0.3) is 5.91 Å². The van der Waals surface area contributed by atoms with Gasteiger partial charge in [0.1, 0.15) is 5.82 Å². The fourth-order valence-corrected chi connectivity index (χ4v) is 2.59. The van der Waals surface area contributed by atoms with Crippen LogP contribution in [0.4, 0.5) is 11.5 Å². The number of carbonyl (C=O) groups is 1. The molecule has 0 aliphatic carbocycles. The normalized spacial score (nSPS) is 10.4. The fraction of sp³-hybridized carbons (Fsp3) is 0.400. The minimum atomic E-state index is -0.0708. The number of benzene rings is 1. The molecule has 5 nitrogen and oxygen atoms in total. The Bertz CT molecular complexity index is 663. The Labute approximate surface area is 150 Å². The predicted molar refractivity (Wildman–Crippen MR) is 104 cm³/mol. The molecule has 0 unspecified atom stereocenters. The Morgan fingerprint density at radius 3 is 2.20 bits per heavy atom. The molecule has 1 aromatic carbocycles. The van der Waals surface area contributed by atoms with Gasteiger partial charge in [-0.1, -0.05) is 6.07 Å². The molecule has 2 rings (SSSR count). The Hall–Kier alpha value is -2.56. The second-order valence-corrected chi connectivity index (χ2v) is 5.94. The molecule has 0 fully saturated rings. The lowest BCUT2D eigenvalue weighted by atomic mass is 10.1. The van der Waals surface area contributed by atoms with Crippen molar-refractivity contribution in [3.8, 4) is 0 Å². The third-order valence-electron chi connectivity index (χ3n) is 4.39. The third kappa shape index (κ3) is 4.95. The van der Waals surface area contributed by atoms with E-state index in [2.05, 4.69) is 40.9 Å². The van der Waals surface area contributed by atoms with E-state index < -0.39 is 0 Å². The molecule has 1 N–H and O–H groups in total. The van der Waals surface area contributed by atoms with Gasteiger partial charge in [-0.3, -0.25) is 4.79 Å². The SMILES string of the molecule is CCN(C)c1ccc(C(=O)NCc2ccc(N(CC)CC)nc2)cc1. The van der Waals surface area contributed by atoms with E-state index in [9.17, 15) is 4.79 Å². The van der Waals surface area contributed by atoms with Crippen molar-refractivity contribution < 1.29 is 4.79 Å². The van der Waals surface area contributed by atoms with Gasteiger partial charge in [0.05, 0.1) is 0 Å². The van der Waals surface area contributed by atoms with Crippen LogP contribution in [0.2, 0.25) is 0 Å². The number of nitrogens with zero attached hydrogens (tertiary/aromatic N) is 3. The van der Waals surface area contributed by atoms with Crippen molar-refractivity contribution in [2.24, 2.45) is 0 Å². The van der Waals surface area contributed by atoms with Crippen LogP contribution in [0.5, 0.6) is 0 Å². The van der Waals surface area contributed by atoms with Gasteiger partial charge in [-0.25, -0.2) is 4.98 Å². The molecule has 0 radical (unpaired) electrons. The second-order valence-electron chi connectivity index (χ2n) is 5.94. The van der Waals surface area contributed by atoms with Crippen LogP contribution >= 0.6 is 0 Å². The van der Waals surface area contributed by atoms with Crippen LogP contribution in [0.1, 0.15) is 36.7 Å². The van der Waals surface area contributed by atoms with Crippen LogP contribution in [-0.4, -0.2) is 37.6 Å². The number of rotatable bonds is 8. The van der Waals surface area contributed by atoms with Crippen molar-refractivity contribution in [2.45, 2.75) is 27.3 Å². The van der Waals surface area contributed by atoms with Crippen LogP contribution in [0.15, 0.2) is 42.6 Å². The van der Waals surface area contributed by atoms with Crippen molar-refractivity contribution >= 4 is 17.4 Å². The van der Waals surface area contributed by atoms with Crippen molar-refractivity contribution in [1.29, 1.82) is 0 Å². The summed E-state index contributed by atoms with van der Waals surface area (Å²) in [5.74, 6) is 0.897. The van der Waals surface area contributed by atoms with Gasteiger partial charge in [-0.2, -0.15) is 0 Å². The standard InChI is InChI=1S/C20H28N4O/c1-5-23(4)18-11-9-17(10-12-18)20(25)22-15-16-8-13-19(21-14-16)24(6-2)7-3/h8-14H,5-7,15H2,1-4H3,(H,22,25). The fourth-order valence-electron chi connectivity index (χ4n) is 2.59. The highest BCUT2D eigenvalue weighted by atomic mass is 16.1. The number of anilines is 2. The number of hydrogen-bond donors (Lipinski definition) is 1. The number of pyridine rings is 1. The largest absolute Gasteiger partial charge is 0.375 e. The first kappa shape index (κ1) is 18.8. The number of nitrogens with one attached hydrogen (secondary N) is 1. The number of hydrogen-bond acceptors (Lipinski definition) is 4.